The van der Waals surface area contributed by atoms with Gasteiger partial charge in [-0.15, -0.1) is 11.8 Å². The Hall–Kier alpha value is -2.93. The van der Waals surface area contributed by atoms with Crippen LogP contribution in [0.1, 0.15) is 27.4 Å². The fourth-order valence-electron chi connectivity index (χ4n) is 3.65. The first-order valence-electron chi connectivity index (χ1n) is 10.00. The number of thioether (sulfide) groups is 1. The number of hydrogen-bond donors (Lipinski definition) is 1. The Morgan fingerprint density at radius 3 is 2.57 bits per heavy atom. The van der Waals surface area contributed by atoms with E-state index in [4.69, 9.17) is 4.52 Å². The molecule has 1 aliphatic rings. The number of phenols is 1. The van der Waals surface area contributed by atoms with E-state index in [-0.39, 0.29) is 11.7 Å². The molecule has 0 saturated carbocycles. The lowest BCUT2D eigenvalue weighted by Crippen LogP contribution is -2.48. The molecule has 0 radical (unpaired) electrons. The number of aromatic nitrogens is 1. The molecule has 0 atom stereocenters. The van der Waals surface area contributed by atoms with E-state index in [1.165, 1.54) is 0 Å². The molecule has 3 aromatic rings. The highest BCUT2D eigenvalue weighted by Gasteiger charge is 2.24. The molecule has 0 aliphatic carbocycles. The van der Waals surface area contributed by atoms with Gasteiger partial charge in [0, 0.05) is 54.1 Å². The van der Waals surface area contributed by atoms with Crippen LogP contribution < -0.4 is 4.90 Å². The lowest BCUT2D eigenvalue weighted by atomic mass is 10.1. The summed E-state index contributed by atoms with van der Waals surface area (Å²) in [5.41, 5.74) is 3.70. The maximum atomic E-state index is 13.2. The number of piperazine rings is 1. The summed E-state index contributed by atoms with van der Waals surface area (Å²) in [6.45, 7) is 6.64. The Morgan fingerprint density at radius 1 is 1.10 bits per heavy atom. The average molecular weight is 424 g/mol. The molecule has 7 heteroatoms. The van der Waals surface area contributed by atoms with Crippen LogP contribution in [0.25, 0.3) is 0 Å². The number of rotatable bonds is 5. The smallest absolute Gasteiger partial charge is 0.255 e. The van der Waals surface area contributed by atoms with Crippen molar-refractivity contribution in [1.82, 2.24) is 10.1 Å². The summed E-state index contributed by atoms with van der Waals surface area (Å²) in [5.74, 6) is 1.87. The van der Waals surface area contributed by atoms with E-state index in [1.54, 1.807) is 23.9 Å². The molecular formula is C23H25N3O3S. The normalized spacial score (nSPS) is 14.2. The molecule has 1 fully saturated rings. The van der Waals surface area contributed by atoms with Gasteiger partial charge in [-0.1, -0.05) is 23.4 Å². The van der Waals surface area contributed by atoms with Crippen molar-refractivity contribution in [1.29, 1.82) is 0 Å². The maximum Gasteiger partial charge on any atom is 0.255 e. The SMILES string of the molecule is Cc1noc(C)c1CSc1ccccc1C(=O)N1CCN(c2cccc(O)c2)CC1. The van der Waals surface area contributed by atoms with Gasteiger partial charge in [-0.2, -0.15) is 0 Å². The quantitative estimate of drug-likeness (QED) is 0.619. The predicted molar refractivity (Wildman–Crippen MR) is 118 cm³/mol. The van der Waals surface area contributed by atoms with E-state index >= 15 is 0 Å². The van der Waals surface area contributed by atoms with Crippen LogP contribution in [-0.2, 0) is 5.75 Å². The summed E-state index contributed by atoms with van der Waals surface area (Å²) in [4.78, 5) is 18.3. The van der Waals surface area contributed by atoms with Gasteiger partial charge in [-0.3, -0.25) is 4.79 Å². The second kappa shape index (κ2) is 8.83. The molecule has 30 heavy (non-hydrogen) atoms. The van der Waals surface area contributed by atoms with Gasteiger partial charge in [-0.05, 0) is 38.1 Å². The van der Waals surface area contributed by atoms with E-state index in [1.807, 2.05) is 55.1 Å². The fourth-order valence-corrected chi connectivity index (χ4v) is 4.85. The molecule has 4 rings (SSSR count). The molecule has 0 unspecified atom stereocenters. The Balaban J connectivity index is 1.43. The van der Waals surface area contributed by atoms with Gasteiger partial charge < -0.3 is 19.4 Å². The van der Waals surface area contributed by atoms with Gasteiger partial charge in [-0.25, -0.2) is 0 Å². The largest absolute Gasteiger partial charge is 0.508 e. The zero-order valence-corrected chi connectivity index (χ0v) is 18.0. The van der Waals surface area contributed by atoms with E-state index in [2.05, 4.69) is 10.1 Å². The standard InChI is InChI=1S/C23H25N3O3S/c1-16-21(17(2)29-24-16)15-30-22-9-4-3-8-20(22)23(28)26-12-10-25(11-13-26)18-6-5-7-19(27)14-18/h3-9,14,27H,10-13,15H2,1-2H3. The van der Waals surface area contributed by atoms with Gasteiger partial charge in [0.2, 0.25) is 0 Å². The van der Waals surface area contributed by atoms with Gasteiger partial charge in [0.15, 0.2) is 0 Å². The van der Waals surface area contributed by atoms with Crippen LogP contribution in [0.2, 0.25) is 0 Å². The van der Waals surface area contributed by atoms with Gasteiger partial charge >= 0.3 is 0 Å². The van der Waals surface area contributed by atoms with E-state index in [0.29, 0.717) is 13.1 Å². The first-order chi connectivity index (χ1) is 14.5. The van der Waals surface area contributed by atoms with Crippen molar-refractivity contribution < 1.29 is 14.4 Å². The first kappa shape index (κ1) is 20.3. The number of amides is 1. The van der Waals surface area contributed by atoms with Crippen LogP contribution in [0.3, 0.4) is 0 Å². The minimum absolute atomic E-state index is 0.0624. The third kappa shape index (κ3) is 4.31. The van der Waals surface area contributed by atoms with E-state index < -0.39 is 0 Å². The van der Waals surface area contributed by atoms with Crippen molar-refractivity contribution in [3.8, 4) is 5.75 Å². The lowest BCUT2D eigenvalue weighted by molar-refractivity contribution is 0.0743. The van der Waals surface area contributed by atoms with Crippen molar-refractivity contribution in [2.75, 3.05) is 31.1 Å². The van der Waals surface area contributed by atoms with Crippen LogP contribution in [0.15, 0.2) is 57.9 Å². The van der Waals surface area contributed by atoms with Crippen molar-refractivity contribution in [3.63, 3.8) is 0 Å². The monoisotopic (exact) mass is 423 g/mol. The number of anilines is 1. The second-order valence-corrected chi connectivity index (χ2v) is 8.40. The molecule has 1 aromatic heterocycles. The summed E-state index contributed by atoms with van der Waals surface area (Å²) >= 11 is 1.64. The zero-order valence-electron chi connectivity index (χ0n) is 17.2. The highest BCUT2D eigenvalue weighted by molar-refractivity contribution is 7.98. The second-order valence-electron chi connectivity index (χ2n) is 7.39. The Morgan fingerprint density at radius 2 is 1.87 bits per heavy atom. The molecule has 1 N–H and O–H groups in total. The zero-order chi connectivity index (χ0) is 21.1. The molecule has 1 amide bonds. The number of aromatic hydroxyl groups is 1. The summed E-state index contributed by atoms with van der Waals surface area (Å²) < 4.78 is 5.25. The molecule has 156 valence electrons. The molecule has 1 saturated heterocycles. The predicted octanol–water partition coefficient (Wildman–Crippen LogP) is 4.25. The topological polar surface area (TPSA) is 69.8 Å². The Labute approximate surface area is 180 Å². The van der Waals surface area contributed by atoms with Crippen LogP contribution in [0, 0.1) is 13.8 Å². The van der Waals surface area contributed by atoms with E-state index in [0.717, 1.165) is 52.0 Å². The molecule has 2 heterocycles. The minimum Gasteiger partial charge on any atom is -0.508 e. The molecule has 0 spiro atoms. The van der Waals surface area contributed by atoms with Crippen molar-refractivity contribution in [2.24, 2.45) is 0 Å². The summed E-state index contributed by atoms with van der Waals surface area (Å²) in [6, 6.07) is 15.0. The summed E-state index contributed by atoms with van der Waals surface area (Å²) in [5, 5.41) is 13.7. The minimum atomic E-state index is 0.0624. The lowest BCUT2D eigenvalue weighted by Gasteiger charge is -2.36. The number of phenolic OH excluding ortho intramolecular Hbond substituents is 1. The van der Waals surface area contributed by atoms with Crippen molar-refractivity contribution in [2.45, 2.75) is 24.5 Å². The fraction of sp³-hybridized carbons (Fsp3) is 0.304. The summed E-state index contributed by atoms with van der Waals surface area (Å²) in [6.07, 6.45) is 0. The molecule has 1 aliphatic heterocycles. The van der Waals surface area contributed by atoms with Crippen LogP contribution >= 0.6 is 11.8 Å². The summed E-state index contributed by atoms with van der Waals surface area (Å²) in [7, 11) is 0. The molecule has 0 bridgehead atoms. The number of nitrogens with zero attached hydrogens (tertiary/aromatic N) is 3. The van der Waals surface area contributed by atoms with Crippen LogP contribution in [0.4, 0.5) is 5.69 Å². The number of benzene rings is 2. The third-order valence-corrected chi connectivity index (χ3v) is 6.53. The first-order valence-corrected chi connectivity index (χ1v) is 11.0. The number of carbonyl (C=O) groups excluding carboxylic acids is 1. The number of aryl methyl sites for hydroxylation is 2. The Bertz CT molecular complexity index is 1020. The number of carbonyl (C=O) groups is 1. The highest BCUT2D eigenvalue weighted by Crippen LogP contribution is 2.30. The van der Waals surface area contributed by atoms with Gasteiger partial charge in [0.1, 0.15) is 11.5 Å². The maximum absolute atomic E-state index is 13.2. The molecular weight excluding hydrogens is 398 g/mol. The van der Waals surface area contributed by atoms with Crippen molar-refractivity contribution in [3.05, 3.63) is 71.1 Å². The van der Waals surface area contributed by atoms with Crippen molar-refractivity contribution >= 4 is 23.4 Å². The third-order valence-electron chi connectivity index (χ3n) is 5.43. The average Bonchev–Trinajstić information content (AvgIpc) is 3.09. The molecule has 2 aromatic carbocycles. The van der Waals surface area contributed by atoms with Gasteiger partial charge in [0.25, 0.3) is 5.91 Å². The van der Waals surface area contributed by atoms with Gasteiger partial charge in [0.05, 0.1) is 11.3 Å². The highest BCUT2D eigenvalue weighted by atomic mass is 32.2. The van der Waals surface area contributed by atoms with Crippen LogP contribution in [-0.4, -0.2) is 47.2 Å². The molecule has 6 nitrogen and oxygen atoms in total. The Kier molecular flexibility index (Phi) is 5.99. The number of hydrogen-bond acceptors (Lipinski definition) is 6. The van der Waals surface area contributed by atoms with E-state index in [9.17, 15) is 9.90 Å². The van der Waals surface area contributed by atoms with Crippen LogP contribution in [0.5, 0.6) is 5.75 Å².